The van der Waals surface area contributed by atoms with E-state index in [0.29, 0.717) is 0 Å². The molecule has 5 nitrogen and oxygen atoms in total. The van der Waals surface area contributed by atoms with Crippen molar-refractivity contribution in [3.8, 4) is 0 Å². The second-order valence-electron chi connectivity index (χ2n) is 4.76. The van der Waals surface area contributed by atoms with Crippen molar-refractivity contribution >= 4 is 11.8 Å². The lowest BCUT2D eigenvalue weighted by atomic mass is 9.74. The van der Waals surface area contributed by atoms with E-state index < -0.39 is 16.8 Å². The molecule has 0 saturated carbocycles. The van der Waals surface area contributed by atoms with E-state index in [1.54, 1.807) is 13.8 Å². The van der Waals surface area contributed by atoms with Crippen LogP contribution in [0.3, 0.4) is 0 Å². The van der Waals surface area contributed by atoms with Gasteiger partial charge in [0.1, 0.15) is 5.41 Å². The zero-order valence-electron chi connectivity index (χ0n) is 10.7. The zero-order chi connectivity index (χ0) is 13.0. The van der Waals surface area contributed by atoms with Crippen LogP contribution < -0.4 is 0 Å². The number of esters is 1. The lowest BCUT2D eigenvalue weighted by Crippen LogP contribution is -2.44. The molecule has 0 saturated heterocycles. The number of ketones is 1. The Morgan fingerprint density at radius 3 is 1.94 bits per heavy atom. The Morgan fingerprint density at radius 2 is 1.56 bits per heavy atom. The first-order chi connectivity index (χ1) is 7.20. The Hall–Kier alpha value is -0.940. The molecular weight excluding hydrogens is 212 g/mol. The normalized spacial score (nSPS) is 12.4. The number of hydrogen-bond acceptors (Lipinski definition) is 5. The summed E-state index contributed by atoms with van der Waals surface area (Å²) in [7, 11) is 2.63. The molecule has 0 unspecified atom stereocenters. The summed E-state index contributed by atoms with van der Waals surface area (Å²) < 4.78 is 4.60. The maximum atomic E-state index is 12.2. The topological polar surface area (TPSA) is 61.8 Å². The molecule has 0 aliphatic rings. The second kappa shape index (κ2) is 5.41. The molecule has 0 aromatic heterocycles. The Bertz CT molecular complexity index is 268. The molecule has 0 aromatic carbocycles. The molecule has 0 rings (SSSR count). The van der Waals surface area contributed by atoms with Gasteiger partial charge in [0.05, 0.1) is 26.2 Å². The summed E-state index contributed by atoms with van der Waals surface area (Å²) >= 11 is 0. The van der Waals surface area contributed by atoms with Crippen LogP contribution in [0.25, 0.3) is 0 Å². The minimum Gasteiger partial charge on any atom is -0.468 e. The number of carbonyl (C=O) groups excluding carboxylic acids is 2. The van der Waals surface area contributed by atoms with Gasteiger partial charge in [-0.3, -0.25) is 9.59 Å². The van der Waals surface area contributed by atoms with Gasteiger partial charge >= 0.3 is 5.97 Å². The van der Waals surface area contributed by atoms with Crippen LogP contribution in [0.2, 0.25) is 0 Å². The van der Waals surface area contributed by atoms with E-state index in [4.69, 9.17) is 4.89 Å². The molecule has 16 heavy (non-hydrogen) atoms. The summed E-state index contributed by atoms with van der Waals surface area (Å²) in [6, 6.07) is 0. The largest absolute Gasteiger partial charge is 0.468 e. The molecule has 0 radical (unpaired) electrons. The van der Waals surface area contributed by atoms with Crippen LogP contribution in [0.1, 0.15) is 27.7 Å². The lowest BCUT2D eigenvalue weighted by Gasteiger charge is -2.30. The number of hydrogen-bond donors (Lipinski definition) is 0. The van der Waals surface area contributed by atoms with Crippen LogP contribution in [-0.2, 0) is 24.1 Å². The first-order valence-corrected chi connectivity index (χ1v) is 4.99. The van der Waals surface area contributed by atoms with Crippen LogP contribution >= 0.6 is 0 Å². The van der Waals surface area contributed by atoms with E-state index in [1.165, 1.54) is 28.1 Å². The molecule has 0 N–H and O–H groups in total. The van der Waals surface area contributed by atoms with Gasteiger partial charge in [-0.25, -0.2) is 9.78 Å². The fraction of sp³-hybridized carbons (Fsp3) is 0.818. The molecule has 0 spiro atoms. The van der Waals surface area contributed by atoms with Crippen molar-refractivity contribution < 1.29 is 24.1 Å². The van der Waals surface area contributed by atoms with Gasteiger partial charge in [-0.1, -0.05) is 13.8 Å². The summed E-state index contributed by atoms with van der Waals surface area (Å²) in [5.41, 5.74) is -2.00. The van der Waals surface area contributed by atoms with E-state index in [1.807, 2.05) is 0 Å². The van der Waals surface area contributed by atoms with Gasteiger partial charge in [0, 0.05) is 0 Å². The smallest absolute Gasteiger partial charge is 0.318 e. The Morgan fingerprint density at radius 1 is 1.06 bits per heavy atom. The third-order valence-corrected chi connectivity index (χ3v) is 2.42. The van der Waals surface area contributed by atoms with Gasteiger partial charge in [-0.2, -0.15) is 0 Å². The fourth-order valence-electron chi connectivity index (χ4n) is 1.47. The van der Waals surface area contributed by atoms with E-state index in [9.17, 15) is 9.59 Å². The van der Waals surface area contributed by atoms with Crippen LogP contribution in [0.5, 0.6) is 0 Å². The highest BCUT2D eigenvalue weighted by Crippen LogP contribution is 2.30. The summed E-state index contributed by atoms with van der Waals surface area (Å²) in [5, 5.41) is 0. The number of methoxy groups -OCH3 is 1. The van der Waals surface area contributed by atoms with Gasteiger partial charge in [-0.15, -0.1) is 0 Å². The summed E-state index contributed by atoms with van der Waals surface area (Å²) in [5.74, 6) is -0.799. The summed E-state index contributed by atoms with van der Waals surface area (Å²) in [4.78, 5) is 32.9. The summed E-state index contributed by atoms with van der Waals surface area (Å²) in [6.45, 7) is 6.55. The molecule has 0 amide bonds. The maximum Gasteiger partial charge on any atom is 0.318 e. The molecule has 0 heterocycles. The minimum atomic E-state index is -1.19. The Labute approximate surface area is 96.0 Å². The highest BCUT2D eigenvalue weighted by Gasteiger charge is 2.45. The predicted molar refractivity (Wildman–Crippen MR) is 57.5 cm³/mol. The van der Waals surface area contributed by atoms with E-state index in [0.717, 1.165) is 0 Å². The predicted octanol–water partition coefficient (Wildman–Crippen LogP) is 1.36. The fourth-order valence-corrected chi connectivity index (χ4v) is 1.47. The molecule has 5 heteroatoms. The zero-order valence-corrected chi connectivity index (χ0v) is 10.7. The van der Waals surface area contributed by atoms with Gasteiger partial charge < -0.3 is 4.74 Å². The van der Waals surface area contributed by atoms with Crippen molar-refractivity contribution in [1.82, 2.24) is 0 Å². The quantitative estimate of drug-likeness (QED) is 0.299. The molecule has 0 aliphatic heterocycles. The van der Waals surface area contributed by atoms with Gasteiger partial charge in [-0.05, 0) is 13.8 Å². The molecule has 0 fully saturated rings. The van der Waals surface area contributed by atoms with Gasteiger partial charge in [0.25, 0.3) is 0 Å². The van der Waals surface area contributed by atoms with E-state index in [-0.39, 0.29) is 12.4 Å². The molecule has 0 atom stereocenters. The third kappa shape index (κ3) is 3.28. The van der Waals surface area contributed by atoms with Crippen molar-refractivity contribution in [3.63, 3.8) is 0 Å². The van der Waals surface area contributed by atoms with Crippen molar-refractivity contribution in [2.45, 2.75) is 27.7 Å². The second-order valence-corrected chi connectivity index (χ2v) is 4.76. The lowest BCUT2D eigenvalue weighted by molar-refractivity contribution is -0.285. The highest BCUT2D eigenvalue weighted by atomic mass is 17.2. The van der Waals surface area contributed by atoms with Crippen LogP contribution in [0.15, 0.2) is 0 Å². The standard InChI is InChI=1S/C11H20O5/c1-10(2,7-16-15-6)8(12)11(3,4)9(13)14-5/h7H2,1-6H3. The molecular formula is C11H20O5. The van der Waals surface area contributed by atoms with Gasteiger partial charge in [0.2, 0.25) is 0 Å². The maximum absolute atomic E-state index is 12.2. The first-order valence-electron chi connectivity index (χ1n) is 4.99. The van der Waals surface area contributed by atoms with E-state index in [2.05, 4.69) is 9.62 Å². The van der Waals surface area contributed by atoms with E-state index >= 15 is 0 Å². The molecule has 94 valence electrons. The molecule has 0 aliphatic carbocycles. The first kappa shape index (κ1) is 15.1. The van der Waals surface area contributed by atoms with Crippen molar-refractivity contribution in [3.05, 3.63) is 0 Å². The van der Waals surface area contributed by atoms with Crippen LogP contribution in [0, 0.1) is 10.8 Å². The number of carbonyl (C=O) groups is 2. The average molecular weight is 232 g/mol. The Kier molecular flexibility index (Phi) is 5.09. The monoisotopic (exact) mass is 232 g/mol. The SMILES string of the molecule is COOCC(C)(C)C(=O)C(C)(C)C(=O)OC. The average Bonchev–Trinajstić information content (AvgIpc) is 2.23. The number of Topliss-reactive ketones (excluding diaryl/α,β-unsaturated/α-hetero) is 1. The Balaban J connectivity index is 4.83. The third-order valence-electron chi connectivity index (χ3n) is 2.42. The summed E-state index contributed by atoms with van der Waals surface area (Å²) in [6.07, 6.45) is 0. The van der Waals surface area contributed by atoms with Crippen molar-refractivity contribution in [2.24, 2.45) is 10.8 Å². The van der Waals surface area contributed by atoms with Crippen LogP contribution in [0.4, 0.5) is 0 Å². The van der Waals surface area contributed by atoms with Gasteiger partial charge in [0.15, 0.2) is 5.78 Å². The number of ether oxygens (including phenoxy) is 1. The van der Waals surface area contributed by atoms with Crippen molar-refractivity contribution in [1.29, 1.82) is 0 Å². The molecule has 0 aromatic rings. The van der Waals surface area contributed by atoms with Crippen LogP contribution in [-0.4, -0.2) is 32.6 Å². The minimum absolute atomic E-state index is 0.0861. The number of rotatable bonds is 6. The van der Waals surface area contributed by atoms with Crippen molar-refractivity contribution in [2.75, 3.05) is 20.8 Å². The molecule has 0 bridgehead atoms. The highest BCUT2D eigenvalue weighted by molar-refractivity contribution is 6.05.